The number of aromatic nitrogens is 2. The second-order valence-corrected chi connectivity index (χ2v) is 4.92. The number of likely N-dealkylation sites (N-methyl/N-ethyl adjacent to an activating group) is 1. The van der Waals surface area contributed by atoms with Crippen LogP contribution in [0.15, 0.2) is 0 Å². The fourth-order valence-corrected chi connectivity index (χ4v) is 2.50. The van der Waals surface area contributed by atoms with Gasteiger partial charge in [0.2, 0.25) is 5.91 Å². The molecule has 1 N–H and O–H groups in total. The molecule has 1 rings (SSSR count). The number of hydrogen-bond acceptors (Lipinski definition) is 3. The van der Waals surface area contributed by atoms with Gasteiger partial charge in [-0.2, -0.15) is 5.10 Å². The Hall–Kier alpha value is -1.07. The van der Waals surface area contributed by atoms with Crippen LogP contribution in [0.1, 0.15) is 39.1 Å². The number of carbonyl (C=O) groups excluding carboxylic acids is 1. The van der Waals surface area contributed by atoms with Gasteiger partial charge in [-0.3, -0.25) is 9.48 Å². The molecule has 0 bridgehead atoms. The van der Waals surface area contributed by atoms with E-state index in [-0.39, 0.29) is 5.91 Å². The van der Waals surface area contributed by atoms with Crippen LogP contribution >= 0.6 is 11.6 Å². The number of rotatable bonds is 8. The number of nitrogens with zero attached hydrogens (tertiary/aromatic N) is 3. The lowest BCUT2D eigenvalue weighted by Crippen LogP contribution is -2.37. The second kappa shape index (κ2) is 8.27. The predicted octanol–water partition coefficient (Wildman–Crippen LogP) is 2.08. The Morgan fingerprint density at radius 2 is 1.95 bits per heavy atom. The van der Waals surface area contributed by atoms with Gasteiger partial charge in [-0.15, -0.1) is 0 Å². The van der Waals surface area contributed by atoms with Crippen LogP contribution in [0.3, 0.4) is 0 Å². The summed E-state index contributed by atoms with van der Waals surface area (Å²) in [7, 11) is 0. The molecule has 1 amide bonds. The van der Waals surface area contributed by atoms with Crippen molar-refractivity contribution in [2.45, 2.75) is 47.2 Å². The zero-order valence-electron chi connectivity index (χ0n) is 12.9. The number of hydrogen-bond donors (Lipinski definition) is 1. The Balaban J connectivity index is 2.62. The highest BCUT2D eigenvalue weighted by Gasteiger charge is 2.15. The summed E-state index contributed by atoms with van der Waals surface area (Å²) in [5.74, 6) is 0.115. The summed E-state index contributed by atoms with van der Waals surface area (Å²) in [6.07, 6.45) is 0.817. The number of halogens is 1. The first-order chi connectivity index (χ1) is 9.58. The monoisotopic (exact) mass is 300 g/mol. The third-order valence-corrected chi connectivity index (χ3v) is 3.82. The summed E-state index contributed by atoms with van der Waals surface area (Å²) in [5.41, 5.74) is 1.87. The third-order valence-electron chi connectivity index (χ3n) is 3.38. The fraction of sp³-hybridized carbons (Fsp3) is 0.714. The number of amides is 1. The van der Waals surface area contributed by atoms with Crippen molar-refractivity contribution >= 4 is 17.5 Å². The molecule has 1 aromatic rings. The SMILES string of the molecule is CCc1nn(CC)c(CNCC(=O)N(CC)CC)c1Cl. The molecule has 0 aliphatic carbocycles. The predicted molar refractivity (Wildman–Crippen MR) is 81.9 cm³/mol. The summed E-state index contributed by atoms with van der Waals surface area (Å²) in [6, 6.07) is 0. The molecule has 0 aromatic carbocycles. The molecule has 0 atom stereocenters. The first-order valence-electron chi connectivity index (χ1n) is 7.31. The van der Waals surface area contributed by atoms with E-state index in [2.05, 4.69) is 10.4 Å². The largest absolute Gasteiger partial charge is 0.342 e. The van der Waals surface area contributed by atoms with E-state index in [9.17, 15) is 4.79 Å². The quantitative estimate of drug-likeness (QED) is 0.800. The van der Waals surface area contributed by atoms with E-state index in [1.54, 1.807) is 0 Å². The van der Waals surface area contributed by atoms with Gasteiger partial charge in [0.15, 0.2) is 0 Å². The van der Waals surface area contributed by atoms with Gasteiger partial charge >= 0.3 is 0 Å². The van der Waals surface area contributed by atoms with E-state index in [4.69, 9.17) is 11.6 Å². The van der Waals surface area contributed by atoms with Gasteiger partial charge in [0.25, 0.3) is 0 Å². The van der Waals surface area contributed by atoms with Crippen LogP contribution in [0.2, 0.25) is 5.02 Å². The molecule has 1 heterocycles. The smallest absolute Gasteiger partial charge is 0.236 e. The summed E-state index contributed by atoms with van der Waals surface area (Å²) < 4.78 is 1.90. The van der Waals surface area contributed by atoms with E-state index in [0.717, 1.165) is 42.5 Å². The minimum absolute atomic E-state index is 0.115. The van der Waals surface area contributed by atoms with E-state index in [1.807, 2.05) is 37.3 Å². The van der Waals surface area contributed by atoms with Crippen LogP contribution in [-0.2, 0) is 24.3 Å². The fourth-order valence-electron chi connectivity index (χ4n) is 2.16. The number of carbonyl (C=O) groups is 1. The first-order valence-corrected chi connectivity index (χ1v) is 7.69. The Bertz CT molecular complexity index is 441. The van der Waals surface area contributed by atoms with Gasteiger partial charge in [-0.05, 0) is 27.2 Å². The molecule has 0 aliphatic heterocycles. The molecule has 0 radical (unpaired) electrons. The molecule has 0 fully saturated rings. The van der Waals surface area contributed by atoms with Crippen molar-refractivity contribution in [3.63, 3.8) is 0 Å². The van der Waals surface area contributed by atoms with E-state index in [0.29, 0.717) is 13.1 Å². The van der Waals surface area contributed by atoms with E-state index < -0.39 is 0 Å². The minimum atomic E-state index is 0.115. The van der Waals surface area contributed by atoms with Gasteiger partial charge in [-0.1, -0.05) is 18.5 Å². The Labute approximate surface area is 126 Å². The normalized spacial score (nSPS) is 10.8. The zero-order valence-corrected chi connectivity index (χ0v) is 13.6. The molecule has 0 unspecified atom stereocenters. The molecule has 0 spiro atoms. The van der Waals surface area contributed by atoms with Gasteiger partial charge in [0, 0.05) is 26.2 Å². The van der Waals surface area contributed by atoms with Gasteiger partial charge in [0.1, 0.15) is 0 Å². The van der Waals surface area contributed by atoms with Crippen molar-refractivity contribution in [1.29, 1.82) is 0 Å². The highest BCUT2D eigenvalue weighted by Crippen LogP contribution is 2.21. The molecular formula is C14H25ClN4O. The summed E-state index contributed by atoms with van der Waals surface area (Å²) in [4.78, 5) is 13.7. The molecule has 20 heavy (non-hydrogen) atoms. The van der Waals surface area contributed by atoms with Crippen LogP contribution in [0.25, 0.3) is 0 Å². The molecule has 0 aliphatic rings. The molecular weight excluding hydrogens is 276 g/mol. The maximum Gasteiger partial charge on any atom is 0.236 e. The van der Waals surface area contributed by atoms with Crippen molar-refractivity contribution in [2.24, 2.45) is 0 Å². The topological polar surface area (TPSA) is 50.2 Å². The third kappa shape index (κ3) is 3.96. The molecule has 0 saturated heterocycles. The second-order valence-electron chi connectivity index (χ2n) is 4.55. The Morgan fingerprint density at radius 3 is 2.45 bits per heavy atom. The van der Waals surface area contributed by atoms with Crippen molar-refractivity contribution in [3.05, 3.63) is 16.4 Å². The molecule has 1 aromatic heterocycles. The summed E-state index contributed by atoms with van der Waals surface area (Å²) >= 11 is 6.32. The average Bonchev–Trinajstić information content (AvgIpc) is 2.76. The van der Waals surface area contributed by atoms with Crippen LogP contribution in [0.4, 0.5) is 0 Å². The van der Waals surface area contributed by atoms with Crippen LogP contribution in [0.5, 0.6) is 0 Å². The average molecular weight is 301 g/mol. The summed E-state index contributed by atoms with van der Waals surface area (Å²) in [5, 5.41) is 8.35. The maximum absolute atomic E-state index is 11.9. The van der Waals surface area contributed by atoms with Crippen molar-refractivity contribution in [1.82, 2.24) is 20.0 Å². The Kier molecular flexibility index (Phi) is 7.02. The molecule has 5 nitrogen and oxygen atoms in total. The van der Waals surface area contributed by atoms with E-state index >= 15 is 0 Å². The van der Waals surface area contributed by atoms with Crippen LogP contribution < -0.4 is 5.32 Å². The number of aryl methyl sites for hydroxylation is 2. The Morgan fingerprint density at radius 1 is 1.30 bits per heavy atom. The highest BCUT2D eigenvalue weighted by molar-refractivity contribution is 6.31. The number of nitrogens with one attached hydrogen (secondary N) is 1. The molecule has 114 valence electrons. The lowest BCUT2D eigenvalue weighted by molar-refractivity contribution is -0.129. The van der Waals surface area contributed by atoms with Gasteiger partial charge in [-0.25, -0.2) is 0 Å². The van der Waals surface area contributed by atoms with Gasteiger partial charge in [0.05, 0.1) is 23.0 Å². The van der Waals surface area contributed by atoms with Crippen LogP contribution in [-0.4, -0.2) is 40.2 Å². The van der Waals surface area contributed by atoms with Crippen molar-refractivity contribution in [3.8, 4) is 0 Å². The van der Waals surface area contributed by atoms with Crippen molar-refractivity contribution < 1.29 is 4.79 Å². The standard InChI is InChI=1S/C14H25ClN4O/c1-5-11-14(15)12(19(8-4)17-11)9-16-10-13(20)18(6-2)7-3/h16H,5-10H2,1-4H3. The first kappa shape index (κ1) is 17.0. The van der Waals surface area contributed by atoms with E-state index in [1.165, 1.54) is 0 Å². The molecule has 0 saturated carbocycles. The lowest BCUT2D eigenvalue weighted by atomic mass is 10.3. The lowest BCUT2D eigenvalue weighted by Gasteiger charge is -2.18. The van der Waals surface area contributed by atoms with Crippen LogP contribution in [0, 0.1) is 0 Å². The van der Waals surface area contributed by atoms with Crippen molar-refractivity contribution in [2.75, 3.05) is 19.6 Å². The maximum atomic E-state index is 11.9. The van der Waals surface area contributed by atoms with Gasteiger partial charge < -0.3 is 10.2 Å². The summed E-state index contributed by atoms with van der Waals surface area (Å²) in [6.45, 7) is 11.2. The zero-order chi connectivity index (χ0) is 15.1. The highest BCUT2D eigenvalue weighted by atomic mass is 35.5. The minimum Gasteiger partial charge on any atom is -0.342 e. The molecule has 6 heteroatoms.